The lowest BCUT2D eigenvalue weighted by Crippen LogP contribution is -2.20. The van der Waals surface area contributed by atoms with Gasteiger partial charge in [-0.2, -0.15) is 4.39 Å². The molecule has 0 radical (unpaired) electrons. The molecule has 0 amide bonds. The molecule has 1 rings (SSSR count). The fourth-order valence-electron chi connectivity index (χ4n) is 1.70. The van der Waals surface area contributed by atoms with Crippen LogP contribution in [0.5, 0.6) is 0 Å². The summed E-state index contributed by atoms with van der Waals surface area (Å²) in [6, 6.07) is 0. The molecule has 0 saturated carbocycles. The van der Waals surface area contributed by atoms with Gasteiger partial charge in [0.15, 0.2) is 11.6 Å². The van der Waals surface area contributed by atoms with Gasteiger partial charge in [0, 0.05) is 0 Å². The monoisotopic (exact) mass is 381 g/mol. The molecule has 7 nitrogen and oxygen atoms in total. The lowest BCUT2D eigenvalue weighted by Gasteiger charge is -2.10. The number of halogens is 4. The maximum Gasteiger partial charge on any atom is 0.345 e. The van der Waals surface area contributed by atoms with Gasteiger partial charge in [0.1, 0.15) is 22.4 Å². The molecular weight excluding hydrogens is 371 g/mol. The molecule has 25 heavy (non-hydrogen) atoms. The van der Waals surface area contributed by atoms with Gasteiger partial charge in [0.25, 0.3) is 0 Å². The van der Waals surface area contributed by atoms with Crippen LogP contribution in [0.15, 0.2) is 11.8 Å². The van der Waals surface area contributed by atoms with Crippen molar-refractivity contribution in [3.63, 3.8) is 0 Å². The second kappa shape index (κ2) is 8.47. The van der Waals surface area contributed by atoms with Crippen LogP contribution in [-0.2, 0) is 14.3 Å². The molecule has 0 spiro atoms. The van der Waals surface area contributed by atoms with Crippen LogP contribution < -0.4 is 0 Å². The molecule has 0 heterocycles. The van der Waals surface area contributed by atoms with Gasteiger partial charge in [-0.15, -0.1) is 0 Å². The van der Waals surface area contributed by atoms with E-state index in [0.29, 0.717) is 6.26 Å². The standard InChI is InChI=1S/C14H11ClF3NO6/c1-3-24-5-6(14(21)25-4-2)13(20)7-9(16)8(15)10(17)11(18)12(7)19(22)23/h5H,3-4H2,1-2H3/b6-5-. The van der Waals surface area contributed by atoms with Crippen molar-refractivity contribution in [1.29, 1.82) is 0 Å². The number of rotatable bonds is 7. The third-order valence-electron chi connectivity index (χ3n) is 2.76. The number of carbonyl (C=O) groups excluding carboxylic acids is 2. The second-order valence-electron chi connectivity index (χ2n) is 4.27. The summed E-state index contributed by atoms with van der Waals surface area (Å²) in [5.41, 5.74) is -4.27. The number of carbonyl (C=O) groups is 2. The molecule has 0 unspecified atom stereocenters. The van der Waals surface area contributed by atoms with Gasteiger partial charge in [-0.3, -0.25) is 14.9 Å². The number of hydrogen-bond donors (Lipinski definition) is 0. The quantitative estimate of drug-likeness (QED) is 0.0686. The first-order valence-corrected chi connectivity index (χ1v) is 7.10. The van der Waals surface area contributed by atoms with Gasteiger partial charge in [0.05, 0.1) is 18.1 Å². The van der Waals surface area contributed by atoms with Crippen LogP contribution in [0.2, 0.25) is 5.02 Å². The lowest BCUT2D eigenvalue weighted by atomic mass is 10.0. The van der Waals surface area contributed by atoms with Crippen LogP contribution in [0.1, 0.15) is 24.2 Å². The van der Waals surface area contributed by atoms with E-state index in [2.05, 4.69) is 4.74 Å². The fourth-order valence-corrected chi connectivity index (χ4v) is 1.88. The van der Waals surface area contributed by atoms with Crippen molar-refractivity contribution in [2.24, 2.45) is 0 Å². The minimum absolute atomic E-state index is 0.0146. The van der Waals surface area contributed by atoms with E-state index in [9.17, 15) is 32.9 Å². The molecule has 0 aliphatic carbocycles. The molecule has 0 bridgehead atoms. The zero-order chi connectivity index (χ0) is 19.3. The summed E-state index contributed by atoms with van der Waals surface area (Å²) < 4.78 is 50.7. The third kappa shape index (κ3) is 4.08. The summed E-state index contributed by atoms with van der Waals surface area (Å²) in [5.74, 6) is -9.00. The number of benzene rings is 1. The van der Waals surface area contributed by atoms with Gasteiger partial charge in [-0.25, -0.2) is 13.6 Å². The average Bonchev–Trinajstić information content (AvgIpc) is 2.55. The van der Waals surface area contributed by atoms with Crippen molar-refractivity contribution >= 4 is 29.0 Å². The maximum atomic E-state index is 14.2. The topological polar surface area (TPSA) is 95.7 Å². The van der Waals surface area contributed by atoms with Crippen LogP contribution >= 0.6 is 11.6 Å². The summed E-state index contributed by atoms with van der Waals surface area (Å²) in [4.78, 5) is 33.7. The minimum atomic E-state index is -2.14. The molecule has 0 atom stereocenters. The Balaban J connectivity index is 3.69. The zero-order valence-electron chi connectivity index (χ0n) is 12.9. The van der Waals surface area contributed by atoms with Crippen LogP contribution in [-0.4, -0.2) is 29.9 Å². The van der Waals surface area contributed by atoms with E-state index >= 15 is 0 Å². The molecule has 0 aromatic heterocycles. The number of hydrogen-bond acceptors (Lipinski definition) is 6. The van der Waals surface area contributed by atoms with Gasteiger partial charge in [-0.05, 0) is 13.8 Å². The van der Waals surface area contributed by atoms with Crippen molar-refractivity contribution in [2.45, 2.75) is 13.8 Å². The van der Waals surface area contributed by atoms with Gasteiger partial charge in [-0.1, -0.05) is 11.6 Å². The summed E-state index contributed by atoms with van der Waals surface area (Å²) in [7, 11) is 0. The largest absolute Gasteiger partial charge is 0.500 e. The average molecular weight is 382 g/mol. The van der Waals surface area contributed by atoms with Crippen LogP contribution in [0, 0.1) is 27.6 Å². The first kappa shape index (κ1) is 20.4. The highest BCUT2D eigenvalue weighted by molar-refractivity contribution is 6.32. The minimum Gasteiger partial charge on any atom is -0.500 e. The Morgan fingerprint density at radius 1 is 1.16 bits per heavy atom. The highest BCUT2D eigenvalue weighted by Gasteiger charge is 2.38. The first-order valence-electron chi connectivity index (χ1n) is 6.72. The highest BCUT2D eigenvalue weighted by Crippen LogP contribution is 2.35. The Bertz CT molecular complexity index is 766. The SMILES string of the molecule is CCO/C=C(\C(=O)OCC)C(=O)c1c(F)c(Cl)c(F)c(F)c1[N+](=O)[O-]. The smallest absolute Gasteiger partial charge is 0.345 e. The Labute approximate surface area is 144 Å². The summed E-state index contributed by atoms with van der Waals surface area (Å²) in [6.07, 6.45) is 0.582. The number of nitrogens with zero attached hydrogens (tertiary/aromatic N) is 1. The zero-order valence-corrected chi connectivity index (χ0v) is 13.7. The number of nitro benzene ring substituents is 1. The highest BCUT2D eigenvalue weighted by atomic mass is 35.5. The van der Waals surface area contributed by atoms with Crippen molar-refractivity contribution in [3.05, 3.63) is 50.0 Å². The molecule has 11 heteroatoms. The molecule has 0 N–H and O–H groups in total. The first-order chi connectivity index (χ1) is 11.7. The molecule has 136 valence electrons. The van der Waals surface area contributed by atoms with Crippen molar-refractivity contribution in [2.75, 3.05) is 13.2 Å². The number of Topliss-reactive ketones (excluding diaryl/α,β-unsaturated/α-hetero) is 1. The van der Waals surface area contributed by atoms with Crippen LogP contribution in [0.3, 0.4) is 0 Å². The summed E-state index contributed by atoms with van der Waals surface area (Å²) in [5, 5.41) is 9.50. The molecule has 0 fully saturated rings. The Hall–Kier alpha value is -2.62. The number of ketones is 1. The van der Waals surface area contributed by atoms with E-state index in [1.165, 1.54) is 13.8 Å². The molecular formula is C14H11ClF3NO6. The lowest BCUT2D eigenvalue weighted by molar-refractivity contribution is -0.388. The molecule has 0 saturated heterocycles. The molecule has 1 aromatic carbocycles. The van der Waals surface area contributed by atoms with Gasteiger partial charge in [0.2, 0.25) is 11.6 Å². The number of esters is 1. The number of nitro groups is 1. The van der Waals surface area contributed by atoms with Gasteiger partial charge < -0.3 is 9.47 Å². The molecule has 1 aromatic rings. The molecule has 0 aliphatic heterocycles. The molecule has 0 aliphatic rings. The Morgan fingerprint density at radius 2 is 1.76 bits per heavy atom. The number of ether oxygens (including phenoxy) is 2. The summed E-state index contributed by atoms with van der Waals surface area (Å²) in [6.45, 7) is 2.69. The Kier molecular flexibility index (Phi) is 6.92. The van der Waals surface area contributed by atoms with E-state index in [-0.39, 0.29) is 13.2 Å². The predicted octanol–water partition coefficient (Wildman–Crippen LogP) is 3.33. The van der Waals surface area contributed by atoms with E-state index in [0.717, 1.165) is 0 Å². The van der Waals surface area contributed by atoms with Crippen LogP contribution in [0.25, 0.3) is 0 Å². The van der Waals surface area contributed by atoms with Crippen molar-refractivity contribution in [1.82, 2.24) is 0 Å². The van der Waals surface area contributed by atoms with E-state index in [4.69, 9.17) is 16.3 Å². The van der Waals surface area contributed by atoms with E-state index in [1.807, 2.05) is 0 Å². The van der Waals surface area contributed by atoms with E-state index in [1.54, 1.807) is 0 Å². The Morgan fingerprint density at radius 3 is 2.24 bits per heavy atom. The third-order valence-corrected chi connectivity index (χ3v) is 3.09. The summed E-state index contributed by atoms with van der Waals surface area (Å²) >= 11 is 5.23. The van der Waals surface area contributed by atoms with Crippen molar-refractivity contribution in [3.8, 4) is 0 Å². The van der Waals surface area contributed by atoms with E-state index < -0.39 is 56.0 Å². The predicted molar refractivity (Wildman–Crippen MR) is 78.7 cm³/mol. The van der Waals surface area contributed by atoms with Crippen molar-refractivity contribution < 1.29 is 37.2 Å². The van der Waals surface area contributed by atoms with Crippen LogP contribution in [0.4, 0.5) is 18.9 Å². The second-order valence-corrected chi connectivity index (χ2v) is 4.65. The normalized spacial score (nSPS) is 11.2. The maximum absolute atomic E-state index is 14.2. The fraction of sp³-hybridized carbons (Fsp3) is 0.286. The van der Waals surface area contributed by atoms with Gasteiger partial charge >= 0.3 is 11.7 Å².